The van der Waals surface area contributed by atoms with E-state index in [2.05, 4.69) is 4.74 Å². The molecule has 1 N–H and O–H groups in total. The lowest BCUT2D eigenvalue weighted by atomic mass is 9.98. The van der Waals surface area contributed by atoms with Crippen molar-refractivity contribution in [3.8, 4) is 0 Å². The molecule has 1 aliphatic heterocycles. The topological polar surface area (TPSA) is 119 Å². The highest BCUT2D eigenvalue weighted by Gasteiger charge is 2.30. The number of amides is 4. The fourth-order valence-electron chi connectivity index (χ4n) is 2.36. The first-order valence-electron chi connectivity index (χ1n) is 7.97. The summed E-state index contributed by atoms with van der Waals surface area (Å²) in [6.07, 6.45) is -1.11. The van der Waals surface area contributed by atoms with Crippen LogP contribution in [-0.2, 0) is 30.3 Å². The van der Waals surface area contributed by atoms with Crippen LogP contribution in [-0.4, -0.2) is 54.4 Å². The molecule has 0 saturated heterocycles. The van der Waals surface area contributed by atoms with Gasteiger partial charge < -0.3 is 9.47 Å². The second-order valence-electron chi connectivity index (χ2n) is 5.36. The molecular weight excluding hydrogens is 344 g/mol. The molecule has 1 aromatic rings. The highest BCUT2D eigenvalue weighted by Crippen LogP contribution is 2.19. The molecule has 0 unspecified atom stereocenters. The standard InChI is InChI=1S/C17H18N2O7/c1-2-25-17(24)18-13(20)10-26-15(22)7-8-19-14(21)9-11-5-3-4-6-12(11)16(19)23/h3-6H,2,7-10H2,1H3,(H,18,20,24). The number of esters is 1. The van der Waals surface area contributed by atoms with E-state index in [1.54, 1.807) is 31.2 Å². The van der Waals surface area contributed by atoms with Crippen molar-refractivity contribution >= 4 is 29.8 Å². The first-order valence-corrected chi connectivity index (χ1v) is 7.97. The molecule has 1 aliphatic rings. The number of benzene rings is 1. The molecular formula is C17H18N2O7. The number of alkyl carbamates (subject to hydrolysis) is 1. The van der Waals surface area contributed by atoms with E-state index < -0.39 is 36.4 Å². The van der Waals surface area contributed by atoms with Gasteiger partial charge in [0.25, 0.3) is 11.8 Å². The summed E-state index contributed by atoms with van der Waals surface area (Å²) >= 11 is 0. The second kappa shape index (κ2) is 8.75. The number of hydrogen-bond donors (Lipinski definition) is 1. The van der Waals surface area contributed by atoms with Crippen LogP contribution in [0.4, 0.5) is 4.79 Å². The van der Waals surface area contributed by atoms with E-state index in [0.717, 1.165) is 4.90 Å². The van der Waals surface area contributed by atoms with E-state index in [1.165, 1.54) is 0 Å². The van der Waals surface area contributed by atoms with Crippen LogP contribution in [0.5, 0.6) is 0 Å². The molecule has 0 saturated carbocycles. The van der Waals surface area contributed by atoms with Crippen molar-refractivity contribution in [3.63, 3.8) is 0 Å². The lowest BCUT2D eigenvalue weighted by Gasteiger charge is -2.26. The molecule has 26 heavy (non-hydrogen) atoms. The zero-order valence-electron chi connectivity index (χ0n) is 14.1. The Balaban J connectivity index is 1.80. The number of ether oxygens (including phenoxy) is 2. The summed E-state index contributed by atoms with van der Waals surface area (Å²) in [6.45, 7) is 0.859. The predicted octanol–water partition coefficient (Wildman–Crippen LogP) is 0.418. The molecule has 0 fully saturated rings. The number of carbonyl (C=O) groups excluding carboxylic acids is 5. The van der Waals surface area contributed by atoms with E-state index in [0.29, 0.717) is 11.1 Å². The zero-order chi connectivity index (χ0) is 19.1. The highest BCUT2D eigenvalue weighted by molar-refractivity contribution is 6.09. The third-order valence-electron chi connectivity index (χ3n) is 3.56. The van der Waals surface area contributed by atoms with Gasteiger partial charge in [-0.15, -0.1) is 0 Å². The molecule has 4 amide bonds. The molecule has 1 heterocycles. The average Bonchev–Trinajstić information content (AvgIpc) is 2.60. The molecule has 1 aromatic carbocycles. The molecule has 9 nitrogen and oxygen atoms in total. The van der Waals surface area contributed by atoms with Crippen LogP contribution in [0.15, 0.2) is 24.3 Å². The molecule has 2 rings (SSSR count). The van der Waals surface area contributed by atoms with E-state index in [4.69, 9.17) is 4.74 Å². The SMILES string of the molecule is CCOC(=O)NC(=O)COC(=O)CCN1C(=O)Cc2ccccc2C1=O. The smallest absolute Gasteiger partial charge is 0.413 e. The largest absolute Gasteiger partial charge is 0.456 e. The minimum absolute atomic E-state index is 0.0822. The maximum atomic E-state index is 12.3. The van der Waals surface area contributed by atoms with E-state index in [-0.39, 0.29) is 26.0 Å². The lowest BCUT2D eigenvalue weighted by Crippen LogP contribution is -2.43. The predicted molar refractivity (Wildman–Crippen MR) is 86.9 cm³/mol. The van der Waals surface area contributed by atoms with Gasteiger partial charge in [-0.3, -0.25) is 29.4 Å². The van der Waals surface area contributed by atoms with Gasteiger partial charge in [-0.1, -0.05) is 18.2 Å². The lowest BCUT2D eigenvalue weighted by molar-refractivity contribution is -0.148. The quantitative estimate of drug-likeness (QED) is 0.575. The Morgan fingerprint density at radius 3 is 2.62 bits per heavy atom. The van der Waals surface area contributed by atoms with E-state index in [9.17, 15) is 24.0 Å². The fourth-order valence-corrected chi connectivity index (χ4v) is 2.36. The van der Waals surface area contributed by atoms with E-state index in [1.807, 2.05) is 5.32 Å². The summed E-state index contributed by atoms with van der Waals surface area (Å²) in [5.41, 5.74) is 1.08. The first kappa shape index (κ1) is 19.1. The molecule has 0 aromatic heterocycles. The maximum absolute atomic E-state index is 12.3. The van der Waals surface area contributed by atoms with Gasteiger partial charge >= 0.3 is 12.1 Å². The number of carbonyl (C=O) groups is 5. The summed E-state index contributed by atoms with van der Waals surface area (Å²) in [5, 5.41) is 1.87. The average molecular weight is 362 g/mol. The number of fused-ring (bicyclic) bond motifs is 1. The zero-order valence-corrected chi connectivity index (χ0v) is 14.1. The summed E-state index contributed by atoms with van der Waals surface area (Å²) < 4.78 is 9.21. The Bertz CT molecular complexity index is 744. The van der Waals surface area contributed by atoms with Gasteiger partial charge in [-0.05, 0) is 18.6 Å². The summed E-state index contributed by atoms with van der Waals surface area (Å²) in [4.78, 5) is 59.5. The molecule has 138 valence electrons. The van der Waals surface area contributed by atoms with Gasteiger partial charge in [0.05, 0.1) is 19.4 Å². The van der Waals surface area contributed by atoms with Crippen molar-refractivity contribution in [2.75, 3.05) is 19.8 Å². The number of nitrogens with zero attached hydrogens (tertiary/aromatic N) is 1. The first-order chi connectivity index (χ1) is 12.4. The van der Waals surface area contributed by atoms with Crippen LogP contribution in [0.3, 0.4) is 0 Å². The van der Waals surface area contributed by atoms with Gasteiger partial charge in [-0.25, -0.2) is 4.79 Å². The third-order valence-corrected chi connectivity index (χ3v) is 3.56. The van der Waals surface area contributed by atoms with Crippen LogP contribution < -0.4 is 5.32 Å². The van der Waals surface area contributed by atoms with Crippen LogP contribution in [0.1, 0.15) is 29.3 Å². The number of nitrogens with one attached hydrogen (secondary N) is 1. The number of hydrogen-bond acceptors (Lipinski definition) is 7. The normalized spacial score (nSPS) is 13.0. The van der Waals surface area contributed by atoms with Crippen molar-refractivity contribution in [1.29, 1.82) is 0 Å². The van der Waals surface area contributed by atoms with Crippen molar-refractivity contribution in [2.24, 2.45) is 0 Å². The third kappa shape index (κ3) is 4.88. The van der Waals surface area contributed by atoms with Crippen molar-refractivity contribution in [3.05, 3.63) is 35.4 Å². The van der Waals surface area contributed by atoms with Crippen molar-refractivity contribution < 1.29 is 33.4 Å². The monoisotopic (exact) mass is 362 g/mol. The highest BCUT2D eigenvalue weighted by atomic mass is 16.6. The maximum Gasteiger partial charge on any atom is 0.413 e. The van der Waals surface area contributed by atoms with Crippen molar-refractivity contribution in [2.45, 2.75) is 19.8 Å². The second-order valence-corrected chi connectivity index (χ2v) is 5.36. The number of rotatable bonds is 6. The minimum atomic E-state index is -0.934. The van der Waals surface area contributed by atoms with Crippen LogP contribution in [0.2, 0.25) is 0 Å². The Hall–Kier alpha value is -3.23. The van der Waals surface area contributed by atoms with Gasteiger partial charge in [0, 0.05) is 12.1 Å². The number of imide groups is 2. The molecule has 0 bridgehead atoms. The van der Waals surface area contributed by atoms with Crippen molar-refractivity contribution in [1.82, 2.24) is 10.2 Å². The Labute approximate surface area is 149 Å². The van der Waals surface area contributed by atoms with Gasteiger partial charge in [0.15, 0.2) is 6.61 Å². The van der Waals surface area contributed by atoms with Crippen LogP contribution in [0.25, 0.3) is 0 Å². The molecule has 0 aliphatic carbocycles. The molecule has 0 atom stereocenters. The van der Waals surface area contributed by atoms with Gasteiger partial charge in [0.2, 0.25) is 5.91 Å². The van der Waals surface area contributed by atoms with E-state index >= 15 is 0 Å². The summed E-state index contributed by atoms with van der Waals surface area (Å²) in [5.74, 6) is -2.48. The molecule has 9 heteroatoms. The Morgan fingerprint density at radius 2 is 1.88 bits per heavy atom. The summed E-state index contributed by atoms with van der Waals surface area (Å²) in [6, 6.07) is 6.77. The van der Waals surface area contributed by atoms with Gasteiger partial charge in [-0.2, -0.15) is 0 Å². The van der Waals surface area contributed by atoms with Crippen LogP contribution in [0, 0.1) is 0 Å². The fraction of sp³-hybridized carbons (Fsp3) is 0.353. The Kier molecular flexibility index (Phi) is 6.42. The van der Waals surface area contributed by atoms with Gasteiger partial charge in [0.1, 0.15) is 0 Å². The van der Waals surface area contributed by atoms with Crippen LogP contribution >= 0.6 is 0 Å². The molecule has 0 spiro atoms. The minimum Gasteiger partial charge on any atom is -0.456 e. The molecule has 0 radical (unpaired) electrons. The summed E-state index contributed by atoms with van der Waals surface area (Å²) in [7, 11) is 0. The Morgan fingerprint density at radius 1 is 1.15 bits per heavy atom.